The number of benzene rings is 1. The highest BCUT2D eigenvalue weighted by Crippen LogP contribution is 2.34. The van der Waals surface area contributed by atoms with Crippen molar-refractivity contribution >= 4 is 17.3 Å². The Balaban J connectivity index is 2.86. The lowest BCUT2D eigenvalue weighted by Crippen LogP contribution is -2.18. The Morgan fingerprint density at radius 1 is 1.15 bits per heavy atom. The summed E-state index contributed by atoms with van der Waals surface area (Å²) in [6, 6.07) is 3.30. The summed E-state index contributed by atoms with van der Waals surface area (Å²) < 4.78 is 5.22. The standard InChI is InChI=1S/C16H26N2O2/c1-5-6-7-8-20-15(19)11-9-12(17)14(13(18)10-11)16(2,3)4/h9-10H,5-8,17-18H2,1-4H3. The monoisotopic (exact) mass is 278 g/mol. The molecule has 1 aromatic rings. The van der Waals surface area contributed by atoms with Crippen molar-refractivity contribution in [1.29, 1.82) is 0 Å². The molecular formula is C16H26N2O2. The Bertz CT molecular complexity index is 453. The van der Waals surface area contributed by atoms with Gasteiger partial charge in [0.25, 0.3) is 0 Å². The Hall–Kier alpha value is -1.71. The first-order valence-corrected chi connectivity index (χ1v) is 7.14. The van der Waals surface area contributed by atoms with Crippen LogP contribution in [-0.4, -0.2) is 12.6 Å². The minimum Gasteiger partial charge on any atom is -0.462 e. The molecule has 0 aromatic heterocycles. The van der Waals surface area contributed by atoms with Crippen molar-refractivity contribution in [3.05, 3.63) is 23.3 Å². The van der Waals surface area contributed by atoms with Crippen LogP contribution in [-0.2, 0) is 10.2 Å². The third-order valence-electron chi connectivity index (χ3n) is 3.17. The molecule has 0 fully saturated rings. The van der Waals surface area contributed by atoms with Gasteiger partial charge in [0.1, 0.15) is 0 Å². The highest BCUT2D eigenvalue weighted by atomic mass is 16.5. The van der Waals surface area contributed by atoms with Crippen LogP contribution in [0.5, 0.6) is 0 Å². The zero-order chi connectivity index (χ0) is 15.3. The summed E-state index contributed by atoms with van der Waals surface area (Å²) in [5, 5.41) is 0. The third-order valence-corrected chi connectivity index (χ3v) is 3.17. The molecule has 0 amide bonds. The van der Waals surface area contributed by atoms with E-state index in [1.165, 1.54) is 0 Å². The molecule has 112 valence electrons. The maximum absolute atomic E-state index is 11.9. The Morgan fingerprint density at radius 2 is 1.70 bits per heavy atom. The average Bonchev–Trinajstić information content (AvgIpc) is 2.31. The zero-order valence-corrected chi connectivity index (χ0v) is 13.0. The molecular weight excluding hydrogens is 252 g/mol. The number of rotatable bonds is 5. The number of esters is 1. The molecule has 4 nitrogen and oxygen atoms in total. The van der Waals surface area contributed by atoms with Crippen molar-refractivity contribution in [3.8, 4) is 0 Å². The van der Waals surface area contributed by atoms with Crippen LogP contribution in [0.3, 0.4) is 0 Å². The lowest BCUT2D eigenvalue weighted by Gasteiger charge is -2.23. The summed E-state index contributed by atoms with van der Waals surface area (Å²) in [6.45, 7) is 8.66. The largest absolute Gasteiger partial charge is 0.462 e. The molecule has 0 aliphatic carbocycles. The van der Waals surface area contributed by atoms with Crippen LogP contribution in [0.2, 0.25) is 0 Å². The molecule has 4 N–H and O–H groups in total. The molecule has 0 heterocycles. The van der Waals surface area contributed by atoms with E-state index < -0.39 is 0 Å². The van der Waals surface area contributed by atoms with Crippen molar-refractivity contribution in [2.45, 2.75) is 52.4 Å². The average molecular weight is 278 g/mol. The molecule has 0 unspecified atom stereocenters. The number of hydrogen-bond acceptors (Lipinski definition) is 4. The SMILES string of the molecule is CCCCCOC(=O)c1cc(N)c(C(C)(C)C)c(N)c1. The van der Waals surface area contributed by atoms with E-state index in [9.17, 15) is 4.79 Å². The molecule has 1 rings (SSSR count). The first-order chi connectivity index (χ1) is 9.27. The molecule has 0 bridgehead atoms. The van der Waals surface area contributed by atoms with E-state index in [4.69, 9.17) is 16.2 Å². The number of ether oxygens (including phenoxy) is 1. The fourth-order valence-electron chi connectivity index (χ4n) is 2.27. The second kappa shape index (κ2) is 6.64. The van der Waals surface area contributed by atoms with E-state index in [0.717, 1.165) is 24.8 Å². The van der Waals surface area contributed by atoms with Gasteiger partial charge in [-0.15, -0.1) is 0 Å². The maximum Gasteiger partial charge on any atom is 0.338 e. The number of carbonyl (C=O) groups excluding carboxylic acids is 1. The smallest absolute Gasteiger partial charge is 0.338 e. The second-order valence-electron chi connectivity index (χ2n) is 6.12. The molecule has 0 spiro atoms. The van der Waals surface area contributed by atoms with Gasteiger partial charge in [-0.05, 0) is 24.0 Å². The maximum atomic E-state index is 11.9. The van der Waals surface area contributed by atoms with Gasteiger partial charge < -0.3 is 16.2 Å². The number of anilines is 2. The van der Waals surface area contributed by atoms with E-state index in [1.54, 1.807) is 12.1 Å². The van der Waals surface area contributed by atoms with Crippen LogP contribution in [0, 0.1) is 0 Å². The van der Waals surface area contributed by atoms with Crippen LogP contribution >= 0.6 is 0 Å². The number of hydrogen-bond donors (Lipinski definition) is 2. The first-order valence-electron chi connectivity index (χ1n) is 7.14. The van der Waals surface area contributed by atoms with Gasteiger partial charge in [-0.3, -0.25) is 0 Å². The minimum atomic E-state index is -0.361. The molecule has 0 aliphatic heterocycles. The topological polar surface area (TPSA) is 78.3 Å². The fraction of sp³-hybridized carbons (Fsp3) is 0.562. The molecule has 0 saturated carbocycles. The quantitative estimate of drug-likeness (QED) is 0.491. The molecule has 0 atom stereocenters. The predicted octanol–water partition coefficient (Wildman–Crippen LogP) is 3.50. The summed E-state index contributed by atoms with van der Waals surface area (Å²) >= 11 is 0. The van der Waals surface area contributed by atoms with Gasteiger partial charge in [0.2, 0.25) is 0 Å². The molecule has 4 heteroatoms. The Labute approximate surface area is 121 Å². The first kappa shape index (κ1) is 16.3. The molecule has 1 aromatic carbocycles. The number of carbonyl (C=O) groups is 1. The highest BCUT2D eigenvalue weighted by Gasteiger charge is 2.22. The van der Waals surface area contributed by atoms with Crippen LogP contribution < -0.4 is 11.5 Å². The Morgan fingerprint density at radius 3 is 2.15 bits per heavy atom. The summed E-state index contributed by atoms with van der Waals surface area (Å²) in [7, 11) is 0. The fourth-order valence-corrected chi connectivity index (χ4v) is 2.27. The van der Waals surface area contributed by atoms with E-state index >= 15 is 0 Å². The third kappa shape index (κ3) is 4.15. The van der Waals surface area contributed by atoms with Gasteiger partial charge in [0.15, 0.2) is 0 Å². The Kier molecular flexibility index (Phi) is 5.43. The predicted molar refractivity (Wildman–Crippen MR) is 83.8 cm³/mol. The summed E-state index contributed by atoms with van der Waals surface area (Å²) in [4.78, 5) is 11.9. The van der Waals surface area contributed by atoms with Crippen molar-refractivity contribution < 1.29 is 9.53 Å². The molecule has 0 aliphatic rings. The number of nitrogens with two attached hydrogens (primary N) is 2. The van der Waals surface area contributed by atoms with Crippen LogP contribution in [0.1, 0.15) is 62.9 Å². The summed E-state index contributed by atoms with van der Waals surface area (Å²) in [5.74, 6) is -0.361. The highest BCUT2D eigenvalue weighted by molar-refractivity contribution is 5.92. The van der Waals surface area contributed by atoms with Crippen LogP contribution in [0.25, 0.3) is 0 Å². The molecule has 0 radical (unpaired) electrons. The minimum absolute atomic E-state index is 0.155. The van der Waals surface area contributed by atoms with E-state index in [0.29, 0.717) is 23.5 Å². The summed E-state index contributed by atoms with van der Waals surface area (Å²) in [6.07, 6.45) is 3.03. The van der Waals surface area contributed by atoms with Crippen molar-refractivity contribution in [2.75, 3.05) is 18.1 Å². The van der Waals surface area contributed by atoms with Gasteiger partial charge >= 0.3 is 5.97 Å². The van der Waals surface area contributed by atoms with Crippen molar-refractivity contribution in [3.63, 3.8) is 0 Å². The van der Waals surface area contributed by atoms with Gasteiger partial charge in [-0.1, -0.05) is 40.5 Å². The van der Waals surface area contributed by atoms with Crippen LogP contribution in [0.15, 0.2) is 12.1 Å². The van der Waals surface area contributed by atoms with Gasteiger partial charge in [0.05, 0.1) is 12.2 Å². The van der Waals surface area contributed by atoms with E-state index in [1.807, 2.05) is 20.8 Å². The van der Waals surface area contributed by atoms with Crippen molar-refractivity contribution in [1.82, 2.24) is 0 Å². The lowest BCUT2D eigenvalue weighted by atomic mass is 9.84. The lowest BCUT2D eigenvalue weighted by molar-refractivity contribution is 0.0498. The number of unbranched alkanes of at least 4 members (excludes halogenated alkanes) is 2. The van der Waals surface area contributed by atoms with E-state index in [2.05, 4.69) is 6.92 Å². The van der Waals surface area contributed by atoms with Gasteiger partial charge in [-0.25, -0.2) is 4.79 Å². The summed E-state index contributed by atoms with van der Waals surface area (Å²) in [5.41, 5.74) is 14.3. The molecule has 0 saturated heterocycles. The zero-order valence-electron chi connectivity index (χ0n) is 13.0. The normalized spacial score (nSPS) is 11.4. The van der Waals surface area contributed by atoms with Gasteiger partial charge in [0, 0.05) is 16.9 Å². The second-order valence-corrected chi connectivity index (χ2v) is 6.12. The van der Waals surface area contributed by atoms with E-state index in [-0.39, 0.29) is 11.4 Å². The van der Waals surface area contributed by atoms with Crippen molar-refractivity contribution in [2.24, 2.45) is 0 Å². The number of nitrogen functional groups attached to an aromatic ring is 2. The van der Waals surface area contributed by atoms with Crippen LogP contribution in [0.4, 0.5) is 11.4 Å². The molecule has 20 heavy (non-hydrogen) atoms. The van der Waals surface area contributed by atoms with Gasteiger partial charge in [-0.2, -0.15) is 0 Å².